The number of hydrogen-bond acceptors (Lipinski definition) is 9. The summed E-state index contributed by atoms with van der Waals surface area (Å²) >= 11 is 0.855. The number of nitrogens with one attached hydrogen (secondary N) is 1. The number of hydrogen-bond donors (Lipinski definition) is 1. The molecule has 0 saturated heterocycles. The van der Waals surface area contributed by atoms with Gasteiger partial charge in [-0.3, -0.25) is 9.59 Å². The Bertz CT molecular complexity index is 549. The second-order valence-corrected chi connectivity index (χ2v) is 5.34. The molecule has 0 aromatic carbocycles. The number of amides is 1. The van der Waals surface area contributed by atoms with Crippen molar-refractivity contribution in [3.05, 3.63) is 5.82 Å². The molecular weight excluding hydrogens is 300 g/mol. The molecule has 0 aliphatic carbocycles. The number of carbonyl (C=O) groups is 2. The quantitative estimate of drug-likeness (QED) is 0.332. The monoisotopic (exact) mass is 313 g/mol. The molecule has 0 bridgehead atoms. The molecule has 0 saturated carbocycles. The fourth-order valence-corrected chi connectivity index (χ4v) is 1.58. The summed E-state index contributed by atoms with van der Waals surface area (Å²) in [5.41, 5.74) is -0.968. The van der Waals surface area contributed by atoms with Crippen LogP contribution in [0.4, 0.5) is 5.13 Å². The van der Waals surface area contributed by atoms with E-state index in [4.69, 9.17) is 9.57 Å². The maximum atomic E-state index is 11.4. The van der Waals surface area contributed by atoms with E-state index in [-0.39, 0.29) is 16.7 Å². The molecule has 0 aliphatic heterocycles. The zero-order valence-corrected chi connectivity index (χ0v) is 12.4. The lowest BCUT2D eigenvalue weighted by Crippen LogP contribution is -2.26. The van der Waals surface area contributed by atoms with E-state index in [0.29, 0.717) is 6.41 Å². The van der Waals surface area contributed by atoms with Gasteiger partial charge in [-0.15, -0.1) is 0 Å². The molecule has 1 aromatic rings. The van der Waals surface area contributed by atoms with Crippen LogP contribution in [0.5, 0.6) is 0 Å². The number of anilines is 1. The SMILES string of the molecule is CC(C)(C)OC(=O)CO/N=C(\[C]=O)c1nsc(NC=O)n1. The Morgan fingerprint density at radius 3 is 2.81 bits per heavy atom. The van der Waals surface area contributed by atoms with Crippen molar-refractivity contribution < 1.29 is 24.0 Å². The second kappa shape index (κ2) is 7.43. The molecular formula is C11H13N4O5S. The van der Waals surface area contributed by atoms with E-state index in [0.717, 1.165) is 11.5 Å². The van der Waals surface area contributed by atoms with Gasteiger partial charge in [0, 0.05) is 11.5 Å². The minimum absolute atomic E-state index is 0.0662. The number of carbonyl (C=O) groups excluding carboxylic acids is 3. The number of rotatable bonds is 7. The van der Waals surface area contributed by atoms with Crippen LogP contribution in [-0.4, -0.2) is 45.9 Å². The topological polar surface area (TPSA) is 120 Å². The summed E-state index contributed by atoms with van der Waals surface area (Å²) < 4.78 is 8.77. The van der Waals surface area contributed by atoms with Crippen LogP contribution in [0.15, 0.2) is 5.16 Å². The molecule has 0 atom stereocenters. The van der Waals surface area contributed by atoms with Crippen LogP contribution in [0.25, 0.3) is 0 Å². The number of ether oxygens (including phenoxy) is 1. The molecule has 1 aromatic heterocycles. The Morgan fingerprint density at radius 2 is 2.24 bits per heavy atom. The Hall–Kier alpha value is -2.36. The lowest BCUT2D eigenvalue weighted by atomic mass is 10.2. The van der Waals surface area contributed by atoms with Gasteiger partial charge in [0.2, 0.25) is 24.0 Å². The highest BCUT2D eigenvalue weighted by atomic mass is 32.1. The molecule has 0 unspecified atom stereocenters. The molecule has 1 heterocycles. The first-order valence-corrected chi connectivity index (χ1v) is 6.47. The average Bonchev–Trinajstić information content (AvgIpc) is 2.81. The van der Waals surface area contributed by atoms with E-state index in [2.05, 4.69) is 19.8 Å². The van der Waals surface area contributed by atoms with Crippen molar-refractivity contribution in [1.29, 1.82) is 0 Å². The number of nitrogens with zero attached hydrogens (tertiary/aromatic N) is 3. The van der Waals surface area contributed by atoms with E-state index < -0.39 is 18.2 Å². The third-order valence-corrected chi connectivity index (χ3v) is 2.32. The molecule has 21 heavy (non-hydrogen) atoms. The molecule has 0 fully saturated rings. The number of esters is 1. The van der Waals surface area contributed by atoms with E-state index in [1.165, 1.54) is 6.29 Å². The number of aromatic nitrogens is 2. The average molecular weight is 313 g/mol. The molecule has 0 aliphatic rings. The highest BCUT2D eigenvalue weighted by Gasteiger charge is 2.17. The van der Waals surface area contributed by atoms with Crippen LogP contribution in [0.2, 0.25) is 0 Å². The standard InChI is InChI=1S/C11H13N4O5S/c1-11(2,3)20-8(18)5-19-14-7(4-16)9-13-10(12-6-17)21-15-9/h6H,5H2,1-3H3,(H,12,13,15,17)/b14-7+. The summed E-state index contributed by atoms with van der Waals surface area (Å²) in [6, 6.07) is 0. The summed E-state index contributed by atoms with van der Waals surface area (Å²) in [6.07, 6.45) is 1.91. The lowest BCUT2D eigenvalue weighted by molar-refractivity contribution is -0.160. The molecule has 1 rings (SSSR count). The second-order valence-electron chi connectivity index (χ2n) is 4.59. The smallest absolute Gasteiger partial charge is 0.347 e. The van der Waals surface area contributed by atoms with Gasteiger partial charge in [-0.05, 0) is 20.8 Å². The van der Waals surface area contributed by atoms with Crippen molar-refractivity contribution in [2.24, 2.45) is 5.16 Å². The highest BCUT2D eigenvalue weighted by molar-refractivity contribution is 7.10. The van der Waals surface area contributed by atoms with Crippen LogP contribution in [0.1, 0.15) is 26.6 Å². The van der Waals surface area contributed by atoms with Gasteiger partial charge in [-0.1, -0.05) is 5.16 Å². The maximum Gasteiger partial charge on any atom is 0.347 e. The van der Waals surface area contributed by atoms with Gasteiger partial charge in [-0.2, -0.15) is 9.36 Å². The summed E-state index contributed by atoms with van der Waals surface area (Å²) in [7, 11) is 0. The maximum absolute atomic E-state index is 11.4. The first-order chi connectivity index (χ1) is 9.85. The van der Waals surface area contributed by atoms with Gasteiger partial charge in [0.25, 0.3) is 6.29 Å². The summed E-state index contributed by atoms with van der Waals surface area (Å²) in [6.45, 7) is 4.66. The first-order valence-electron chi connectivity index (χ1n) is 5.70. The Labute approximate surface area is 124 Å². The molecule has 1 N–H and O–H groups in total. The molecule has 9 nitrogen and oxygen atoms in total. The van der Waals surface area contributed by atoms with Gasteiger partial charge in [0.05, 0.1) is 0 Å². The molecule has 10 heteroatoms. The van der Waals surface area contributed by atoms with Crippen LogP contribution in [-0.2, 0) is 24.0 Å². The van der Waals surface area contributed by atoms with Crippen molar-refractivity contribution >= 4 is 41.0 Å². The van der Waals surface area contributed by atoms with Crippen molar-refractivity contribution in [3.63, 3.8) is 0 Å². The van der Waals surface area contributed by atoms with Crippen molar-refractivity contribution in [3.8, 4) is 0 Å². The van der Waals surface area contributed by atoms with Crippen molar-refractivity contribution in [2.45, 2.75) is 26.4 Å². The fraction of sp³-hybridized carbons (Fsp3) is 0.455. The van der Waals surface area contributed by atoms with Gasteiger partial charge in [0.15, 0.2) is 5.71 Å². The van der Waals surface area contributed by atoms with Gasteiger partial charge < -0.3 is 14.9 Å². The zero-order chi connectivity index (χ0) is 15.9. The zero-order valence-electron chi connectivity index (χ0n) is 11.6. The largest absolute Gasteiger partial charge is 0.457 e. The summed E-state index contributed by atoms with van der Waals surface area (Å²) in [5.74, 6) is -0.699. The van der Waals surface area contributed by atoms with Crippen molar-refractivity contribution in [2.75, 3.05) is 11.9 Å². The summed E-state index contributed by atoms with van der Waals surface area (Å²) in [5, 5.41) is 5.88. The predicted octanol–water partition coefficient (Wildman–Crippen LogP) is 0.278. The van der Waals surface area contributed by atoms with Crippen LogP contribution in [0.3, 0.4) is 0 Å². The fourth-order valence-electron chi connectivity index (χ4n) is 1.05. The van der Waals surface area contributed by atoms with Gasteiger partial charge >= 0.3 is 5.97 Å². The van der Waals surface area contributed by atoms with Crippen molar-refractivity contribution in [1.82, 2.24) is 9.36 Å². The normalized spacial score (nSPS) is 11.7. The van der Waals surface area contributed by atoms with E-state index >= 15 is 0 Å². The van der Waals surface area contributed by atoms with E-state index in [1.807, 2.05) is 0 Å². The first kappa shape index (κ1) is 16.7. The van der Waals surface area contributed by atoms with E-state index in [9.17, 15) is 14.4 Å². The van der Waals surface area contributed by atoms with Crippen LogP contribution >= 0.6 is 11.5 Å². The molecule has 1 amide bonds. The molecule has 0 spiro atoms. The lowest BCUT2D eigenvalue weighted by Gasteiger charge is -2.18. The Morgan fingerprint density at radius 1 is 1.52 bits per heavy atom. The van der Waals surface area contributed by atoms with Crippen LogP contribution in [0, 0.1) is 0 Å². The third kappa shape index (κ3) is 6.08. The van der Waals surface area contributed by atoms with Gasteiger partial charge in [0.1, 0.15) is 5.60 Å². The van der Waals surface area contributed by atoms with Gasteiger partial charge in [-0.25, -0.2) is 4.79 Å². The van der Waals surface area contributed by atoms with Crippen LogP contribution < -0.4 is 5.32 Å². The predicted molar refractivity (Wildman–Crippen MR) is 73.6 cm³/mol. The Kier molecular flexibility index (Phi) is 5.91. The minimum Gasteiger partial charge on any atom is -0.457 e. The summed E-state index contributed by atoms with van der Waals surface area (Å²) in [4.78, 5) is 40.9. The third-order valence-electron chi connectivity index (χ3n) is 1.68. The molecule has 1 radical (unpaired) electrons. The highest BCUT2D eigenvalue weighted by Crippen LogP contribution is 2.10. The minimum atomic E-state index is -0.643. The Balaban J connectivity index is 2.61. The number of oxime groups is 1. The molecule has 113 valence electrons. The van der Waals surface area contributed by atoms with E-state index in [1.54, 1.807) is 20.8 Å².